The van der Waals surface area contributed by atoms with Crippen LogP contribution in [0.5, 0.6) is 0 Å². The van der Waals surface area contributed by atoms with E-state index in [0.29, 0.717) is 33.1 Å². The second-order valence-electron chi connectivity index (χ2n) is 8.56. The van der Waals surface area contributed by atoms with Crippen molar-refractivity contribution in [2.45, 2.75) is 40.2 Å². The molecule has 2 aromatic carbocycles. The smallest absolute Gasteiger partial charge is 0.290 e. The molecule has 0 spiro atoms. The van der Waals surface area contributed by atoms with Gasteiger partial charge in [0.25, 0.3) is 5.91 Å². The minimum atomic E-state index is -0.568. The first kappa shape index (κ1) is 23.8. The summed E-state index contributed by atoms with van der Waals surface area (Å²) >= 11 is 12.5. The number of halogens is 2. The molecule has 0 aliphatic carbocycles. The van der Waals surface area contributed by atoms with Crippen molar-refractivity contribution in [3.05, 3.63) is 78.6 Å². The van der Waals surface area contributed by atoms with Gasteiger partial charge in [-0.3, -0.25) is 9.59 Å². The maximum absolute atomic E-state index is 13.7. The first-order valence-electron chi connectivity index (χ1n) is 11.3. The molecular weight excluding hydrogens is 459 g/mol. The van der Waals surface area contributed by atoms with E-state index >= 15 is 0 Å². The van der Waals surface area contributed by atoms with Crippen LogP contribution in [0.15, 0.2) is 39.5 Å². The third kappa shape index (κ3) is 4.30. The van der Waals surface area contributed by atoms with Gasteiger partial charge < -0.3 is 14.2 Å². The van der Waals surface area contributed by atoms with Gasteiger partial charge in [-0.1, -0.05) is 43.1 Å². The van der Waals surface area contributed by atoms with Gasteiger partial charge in [-0.15, -0.1) is 0 Å². The molecule has 7 heteroatoms. The second-order valence-corrected chi connectivity index (χ2v) is 9.38. The summed E-state index contributed by atoms with van der Waals surface area (Å²) in [6.45, 7) is 11.4. The van der Waals surface area contributed by atoms with E-state index in [9.17, 15) is 9.59 Å². The van der Waals surface area contributed by atoms with Gasteiger partial charge in [0, 0.05) is 6.54 Å². The quantitative estimate of drug-likeness (QED) is 0.411. The van der Waals surface area contributed by atoms with E-state index in [0.717, 1.165) is 42.7 Å². The van der Waals surface area contributed by atoms with Crippen LogP contribution in [0.25, 0.3) is 11.0 Å². The number of rotatable bonds is 7. The highest BCUT2D eigenvalue weighted by molar-refractivity contribution is 6.42. The van der Waals surface area contributed by atoms with E-state index < -0.39 is 6.04 Å². The van der Waals surface area contributed by atoms with Gasteiger partial charge >= 0.3 is 0 Å². The first-order chi connectivity index (χ1) is 15.8. The first-order valence-corrected chi connectivity index (χ1v) is 12.1. The number of carbonyl (C=O) groups excluding carboxylic acids is 1. The number of aryl methyl sites for hydroxylation is 2. The molecule has 1 amide bonds. The molecule has 2 heterocycles. The molecule has 0 fully saturated rings. The van der Waals surface area contributed by atoms with Crippen LogP contribution in [0.1, 0.15) is 59.1 Å². The van der Waals surface area contributed by atoms with Crippen LogP contribution in [-0.4, -0.2) is 41.9 Å². The molecule has 0 radical (unpaired) electrons. The highest BCUT2D eigenvalue weighted by Crippen LogP contribution is 2.40. The van der Waals surface area contributed by atoms with Gasteiger partial charge in [0.15, 0.2) is 5.43 Å². The van der Waals surface area contributed by atoms with Crippen LogP contribution in [0.4, 0.5) is 0 Å². The van der Waals surface area contributed by atoms with E-state index in [2.05, 4.69) is 18.7 Å². The fraction of sp³-hybridized carbons (Fsp3) is 0.385. The monoisotopic (exact) mass is 486 g/mol. The van der Waals surface area contributed by atoms with Gasteiger partial charge in [0.2, 0.25) is 5.76 Å². The summed E-state index contributed by atoms with van der Waals surface area (Å²) < 4.78 is 6.08. The van der Waals surface area contributed by atoms with Gasteiger partial charge in [0.05, 0.1) is 27.0 Å². The molecular formula is C26H28Cl2N2O3. The number of amides is 1. The van der Waals surface area contributed by atoms with Crippen molar-refractivity contribution in [2.24, 2.45) is 0 Å². The van der Waals surface area contributed by atoms with Crippen molar-refractivity contribution >= 4 is 40.1 Å². The van der Waals surface area contributed by atoms with Crippen molar-refractivity contribution in [1.29, 1.82) is 0 Å². The van der Waals surface area contributed by atoms with E-state index in [4.69, 9.17) is 27.6 Å². The molecule has 5 nitrogen and oxygen atoms in total. The van der Waals surface area contributed by atoms with E-state index in [-0.39, 0.29) is 17.1 Å². The van der Waals surface area contributed by atoms with Crippen LogP contribution in [0, 0.1) is 13.8 Å². The fourth-order valence-electron chi connectivity index (χ4n) is 4.54. The van der Waals surface area contributed by atoms with Crippen molar-refractivity contribution < 1.29 is 9.21 Å². The standard InChI is InChI=1S/C26H28Cl2N2O3/c1-5-29(6-2)10-7-11-30-23(17-8-9-19(27)20(28)14-17)22-24(31)18-12-15(3)16(4)13-21(18)33-25(22)26(30)32/h8-9,12-14,23H,5-7,10-11H2,1-4H3. The summed E-state index contributed by atoms with van der Waals surface area (Å²) in [5.74, 6) is -0.146. The summed E-state index contributed by atoms with van der Waals surface area (Å²) in [5.41, 5.74) is 3.39. The molecule has 1 aromatic heterocycles. The number of fused-ring (bicyclic) bond motifs is 2. The number of nitrogens with zero attached hydrogens (tertiary/aromatic N) is 2. The molecule has 0 saturated carbocycles. The average molecular weight is 487 g/mol. The van der Waals surface area contributed by atoms with Crippen LogP contribution < -0.4 is 5.43 Å². The Balaban J connectivity index is 1.84. The Hall–Kier alpha value is -2.34. The molecule has 0 saturated heterocycles. The zero-order valence-electron chi connectivity index (χ0n) is 19.4. The molecule has 174 valence electrons. The second kappa shape index (κ2) is 9.49. The molecule has 1 unspecified atom stereocenters. The molecule has 1 aliphatic heterocycles. The fourth-order valence-corrected chi connectivity index (χ4v) is 4.85. The number of hydrogen-bond donors (Lipinski definition) is 0. The zero-order chi connectivity index (χ0) is 23.9. The van der Waals surface area contributed by atoms with E-state index in [1.165, 1.54) is 0 Å². The van der Waals surface area contributed by atoms with Gasteiger partial charge in [-0.2, -0.15) is 0 Å². The number of benzene rings is 2. The third-order valence-corrected chi connectivity index (χ3v) is 7.35. The molecule has 3 aromatic rings. The van der Waals surface area contributed by atoms with Crippen LogP contribution in [0.3, 0.4) is 0 Å². The van der Waals surface area contributed by atoms with Gasteiger partial charge in [-0.25, -0.2) is 0 Å². The van der Waals surface area contributed by atoms with Gasteiger partial charge in [0.1, 0.15) is 5.58 Å². The average Bonchev–Trinajstić information content (AvgIpc) is 3.07. The molecule has 33 heavy (non-hydrogen) atoms. The topological polar surface area (TPSA) is 53.8 Å². The van der Waals surface area contributed by atoms with Crippen LogP contribution in [-0.2, 0) is 0 Å². The lowest BCUT2D eigenvalue weighted by Gasteiger charge is -2.27. The number of carbonyl (C=O) groups is 1. The third-order valence-electron chi connectivity index (χ3n) is 6.61. The maximum atomic E-state index is 13.7. The van der Waals surface area contributed by atoms with E-state index in [1.54, 1.807) is 17.0 Å². The predicted octanol–water partition coefficient (Wildman–Crippen LogP) is 5.99. The normalized spacial score (nSPS) is 15.7. The Morgan fingerprint density at radius 2 is 1.70 bits per heavy atom. The lowest BCUT2D eigenvalue weighted by Crippen LogP contribution is -2.33. The Morgan fingerprint density at radius 1 is 1.00 bits per heavy atom. The zero-order valence-corrected chi connectivity index (χ0v) is 20.9. The van der Waals surface area contributed by atoms with Crippen molar-refractivity contribution in [1.82, 2.24) is 9.80 Å². The molecule has 0 bridgehead atoms. The molecule has 0 N–H and O–H groups in total. The number of hydrogen-bond acceptors (Lipinski definition) is 4. The van der Waals surface area contributed by atoms with E-state index in [1.807, 2.05) is 32.0 Å². The van der Waals surface area contributed by atoms with Gasteiger partial charge in [-0.05, 0) is 80.9 Å². The minimum absolute atomic E-state index is 0.120. The summed E-state index contributed by atoms with van der Waals surface area (Å²) in [7, 11) is 0. The van der Waals surface area contributed by atoms with Crippen LogP contribution in [0.2, 0.25) is 10.0 Å². The largest absolute Gasteiger partial charge is 0.450 e. The molecule has 1 aliphatic rings. The Kier molecular flexibility index (Phi) is 6.85. The maximum Gasteiger partial charge on any atom is 0.290 e. The lowest BCUT2D eigenvalue weighted by molar-refractivity contribution is 0.0720. The molecule has 4 rings (SSSR count). The minimum Gasteiger partial charge on any atom is -0.450 e. The Labute approximate surface area is 203 Å². The summed E-state index contributed by atoms with van der Waals surface area (Å²) in [6, 6.07) is 8.36. The summed E-state index contributed by atoms with van der Waals surface area (Å²) in [4.78, 5) is 31.2. The highest BCUT2D eigenvalue weighted by Gasteiger charge is 2.42. The van der Waals surface area contributed by atoms with Crippen LogP contribution >= 0.6 is 23.2 Å². The highest BCUT2D eigenvalue weighted by atomic mass is 35.5. The predicted molar refractivity (Wildman–Crippen MR) is 134 cm³/mol. The molecule has 1 atom stereocenters. The van der Waals surface area contributed by atoms with Crippen molar-refractivity contribution in [3.63, 3.8) is 0 Å². The lowest BCUT2D eigenvalue weighted by atomic mass is 9.97. The SMILES string of the molecule is CCN(CC)CCCN1C(=O)c2oc3cc(C)c(C)cc3c(=O)c2C1c1ccc(Cl)c(Cl)c1. The summed E-state index contributed by atoms with van der Waals surface area (Å²) in [5, 5.41) is 1.30. The van der Waals surface area contributed by atoms with Crippen molar-refractivity contribution in [3.8, 4) is 0 Å². The van der Waals surface area contributed by atoms with Crippen molar-refractivity contribution in [2.75, 3.05) is 26.2 Å². The Bertz CT molecular complexity index is 1280. The summed E-state index contributed by atoms with van der Waals surface area (Å²) in [6.07, 6.45) is 0.783. The Morgan fingerprint density at radius 3 is 2.36 bits per heavy atom.